The van der Waals surface area contributed by atoms with Crippen LogP contribution >= 0.6 is 11.6 Å². The van der Waals surface area contributed by atoms with Crippen LogP contribution in [0.3, 0.4) is 0 Å². The van der Waals surface area contributed by atoms with E-state index in [2.05, 4.69) is 15.1 Å². The van der Waals surface area contributed by atoms with Gasteiger partial charge in [-0.05, 0) is 18.2 Å². The number of halogens is 1. The SMILES string of the molecule is Clc1cccc(-c2nc3ncccn3n2)c1. The molecule has 0 saturated carbocycles. The molecule has 2 aromatic heterocycles. The summed E-state index contributed by atoms with van der Waals surface area (Å²) in [4.78, 5) is 8.41. The van der Waals surface area contributed by atoms with Crippen molar-refractivity contribution in [2.24, 2.45) is 0 Å². The van der Waals surface area contributed by atoms with Gasteiger partial charge in [-0.15, -0.1) is 5.10 Å². The number of nitrogens with zero attached hydrogens (tertiary/aromatic N) is 4. The van der Waals surface area contributed by atoms with E-state index in [0.29, 0.717) is 16.6 Å². The Morgan fingerprint density at radius 3 is 2.94 bits per heavy atom. The number of hydrogen-bond donors (Lipinski definition) is 0. The summed E-state index contributed by atoms with van der Waals surface area (Å²) in [5.41, 5.74) is 0.887. The van der Waals surface area contributed by atoms with Crippen LogP contribution in [0.5, 0.6) is 0 Å². The number of fused-ring (bicyclic) bond motifs is 1. The predicted molar refractivity (Wildman–Crippen MR) is 61.2 cm³/mol. The fraction of sp³-hybridized carbons (Fsp3) is 0. The van der Waals surface area contributed by atoms with E-state index < -0.39 is 0 Å². The fourth-order valence-electron chi connectivity index (χ4n) is 1.48. The van der Waals surface area contributed by atoms with E-state index in [0.717, 1.165) is 5.56 Å². The lowest BCUT2D eigenvalue weighted by Gasteiger charge is -1.94. The second-order valence-electron chi connectivity index (χ2n) is 3.31. The molecule has 3 aromatic rings. The fourth-order valence-corrected chi connectivity index (χ4v) is 1.67. The second kappa shape index (κ2) is 3.57. The van der Waals surface area contributed by atoms with Crippen LogP contribution in [-0.4, -0.2) is 19.6 Å². The molecule has 0 bridgehead atoms. The minimum Gasteiger partial charge on any atom is -0.220 e. The first-order chi connectivity index (χ1) is 7.83. The Balaban J connectivity index is 2.19. The smallest absolute Gasteiger partial charge is 0.220 e. The molecule has 4 nitrogen and oxygen atoms in total. The summed E-state index contributed by atoms with van der Waals surface area (Å²) in [6, 6.07) is 9.25. The Bertz CT molecular complexity index is 614. The van der Waals surface area contributed by atoms with Gasteiger partial charge in [0.25, 0.3) is 5.78 Å². The molecule has 0 saturated heterocycles. The molecular weight excluding hydrogens is 224 g/mol. The molecule has 0 aliphatic rings. The average Bonchev–Trinajstić information content (AvgIpc) is 2.72. The molecule has 0 atom stereocenters. The van der Waals surface area contributed by atoms with Crippen molar-refractivity contribution in [1.29, 1.82) is 0 Å². The zero-order valence-corrected chi connectivity index (χ0v) is 8.96. The summed E-state index contributed by atoms with van der Waals surface area (Å²) < 4.78 is 1.64. The van der Waals surface area contributed by atoms with Gasteiger partial charge in [-0.2, -0.15) is 4.98 Å². The van der Waals surface area contributed by atoms with E-state index in [1.54, 1.807) is 10.7 Å². The predicted octanol–water partition coefficient (Wildman–Crippen LogP) is 2.44. The van der Waals surface area contributed by atoms with E-state index in [-0.39, 0.29) is 0 Å². The molecule has 0 N–H and O–H groups in total. The summed E-state index contributed by atoms with van der Waals surface area (Å²) in [6.07, 6.45) is 3.50. The van der Waals surface area contributed by atoms with Crippen LogP contribution in [0.25, 0.3) is 17.2 Å². The highest BCUT2D eigenvalue weighted by Crippen LogP contribution is 2.19. The first-order valence-electron chi connectivity index (χ1n) is 4.76. The lowest BCUT2D eigenvalue weighted by Crippen LogP contribution is -1.87. The molecular formula is C11H7ClN4. The molecule has 0 radical (unpaired) electrons. The van der Waals surface area contributed by atoms with Crippen molar-refractivity contribution in [2.45, 2.75) is 0 Å². The first kappa shape index (κ1) is 9.30. The highest BCUT2D eigenvalue weighted by atomic mass is 35.5. The van der Waals surface area contributed by atoms with Crippen molar-refractivity contribution in [3.05, 3.63) is 47.7 Å². The molecule has 0 amide bonds. The summed E-state index contributed by atoms with van der Waals surface area (Å²) in [7, 11) is 0. The summed E-state index contributed by atoms with van der Waals surface area (Å²) in [5.74, 6) is 1.21. The molecule has 5 heteroatoms. The molecule has 0 aliphatic heterocycles. The van der Waals surface area contributed by atoms with Crippen molar-refractivity contribution >= 4 is 17.4 Å². The van der Waals surface area contributed by atoms with Gasteiger partial charge in [0.05, 0.1) is 0 Å². The molecule has 16 heavy (non-hydrogen) atoms. The molecule has 0 unspecified atom stereocenters. The van der Waals surface area contributed by atoms with Gasteiger partial charge in [-0.3, -0.25) is 0 Å². The maximum atomic E-state index is 5.92. The van der Waals surface area contributed by atoms with E-state index in [1.165, 1.54) is 0 Å². The summed E-state index contributed by atoms with van der Waals surface area (Å²) >= 11 is 5.92. The van der Waals surface area contributed by atoms with Crippen LogP contribution in [-0.2, 0) is 0 Å². The topological polar surface area (TPSA) is 43.1 Å². The quantitative estimate of drug-likeness (QED) is 0.645. The van der Waals surface area contributed by atoms with E-state index in [9.17, 15) is 0 Å². The van der Waals surface area contributed by atoms with Crippen molar-refractivity contribution in [3.8, 4) is 11.4 Å². The van der Waals surface area contributed by atoms with E-state index >= 15 is 0 Å². The number of rotatable bonds is 1. The first-order valence-corrected chi connectivity index (χ1v) is 5.14. The highest BCUT2D eigenvalue weighted by molar-refractivity contribution is 6.30. The maximum absolute atomic E-state index is 5.92. The third kappa shape index (κ3) is 1.53. The van der Waals surface area contributed by atoms with Crippen LogP contribution in [0.4, 0.5) is 0 Å². The Labute approximate surface area is 96.5 Å². The lowest BCUT2D eigenvalue weighted by molar-refractivity contribution is 0.942. The Morgan fingerprint density at radius 2 is 2.12 bits per heavy atom. The van der Waals surface area contributed by atoms with Gasteiger partial charge < -0.3 is 0 Å². The maximum Gasteiger partial charge on any atom is 0.252 e. The molecule has 0 fully saturated rings. The van der Waals surface area contributed by atoms with Crippen molar-refractivity contribution < 1.29 is 0 Å². The average molecular weight is 231 g/mol. The van der Waals surface area contributed by atoms with Gasteiger partial charge in [0.15, 0.2) is 5.82 Å². The second-order valence-corrected chi connectivity index (χ2v) is 3.75. The van der Waals surface area contributed by atoms with E-state index in [1.807, 2.05) is 36.5 Å². The number of aromatic nitrogens is 4. The zero-order valence-electron chi connectivity index (χ0n) is 8.21. The van der Waals surface area contributed by atoms with E-state index in [4.69, 9.17) is 11.6 Å². The zero-order chi connectivity index (χ0) is 11.0. The standard InChI is InChI=1S/C11H7ClN4/c12-9-4-1-3-8(7-9)10-14-11-13-5-2-6-16(11)15-10/h1-7H. The third-order valence-electron chi connectivity index (χ3n) is 2.20. The third-order valence-corrected chi connectivity index (χ3v) is 2.43. The molecule has 0 aliphatic carbocycles. The van der Waals surface area contributed by atoms with Crippen molar-refractivity contribution in [3.63, 3.8) is 0 Å². The van der Waals surface area contributed by atoms with Crippen LogP contribution in [0, 0.1) is 0 Å². The largest absolute Gasteiger partial charge is 0.252 e. The van der Waals surface area contributed by atoms with Crippen LogP contribution in [0.1, 0.15) is 0 Å². The minimum atomic E-state index is 0.581. The highest BCUT2D eigenvalue weighted by Gasteiger charge is 2.06. The van der Waals surface area contributed by atoms with Crippen molar-refractivity contribution in [2.75, 3.05) is 0 Å². The van der Waals surface area contributed by atoms with Gasteiger partial charge in [0.2, 0.25) is 0 Å². The number of benzene rings is 1. The Morgan fingerprint density at radius 1 is 1.19 bits per heavy atom. The van der Waals surface area contributed by atoms with Gasteiger partial charge >= 0.3 is 0 Å². The summed E-state index contributed by atoms with van der Waals surface area (Å²) in [5, 5.41) is 4.98. The lowest BCUT2D eigenvalue weighted by atomic mass is 10.2. The normalized spacial score (nSPS) is 10.8. The molecule has 0 spiro atoms. The van der Waals surface area contributed by atoms with Gasteiger partial charge in [0.1, 0.15) is 0 Å². The van der Waals surface area contributed by atoms with Gasteiger partial charge in [-0.25, -0.2) is 9.50 Å². The molecule has 78 valence electrons. The Hall–Kier alpha value is -1.94. The molecule has 3 rings (SSSR count). The van der Waals surface area contributed by atoms with Crippen LogP contribution < -0.4 is 0 Å². The van der Waals surface area contributed by atoms with Crippen LogP contribution in [0.15, 0.2) is 42.7 Å². The van der Waals surface area contributed by atoms with Crippen molar-refractivity contribution in [1.82, 2.24) is 19.6 Å². The van der Waals surface area contributed by atoms with Gasteiger partial charge in [-0.1, -0.05) is 23.7 Å². The number of hydrogen-bond acceptors (Lipinski definition) is 3. The minimum absolute atomic E-state index is 0.581. The van der Waals surface area contributed by atoms with Gasteiger partial charge in [0, 0.05) is 23.0 Å². The van der Waals surface area contributed by atoms with Crippen LogP contribution in [0.2, 0.25) is 5.02 Å². The summed E-state index contributed by atoms with van der Waals surface area (Å²) in [6.45, 7) is 0. The Kier molecular flexibility index (Phi) is 2.08. The monoisotopic (exact) mass is 230 g/mol. The molecule has 1 aromatic carbocycles. The molecule has 2 heterocycles.